The third kappa shape index (κ3) is 3.58. The van der Waals surface area contributed by atoms with Gasteiger partial charge in [-0.15, -0.1) is 0 Å². The number of imidazole rings is 1. The Morgan fingerprint density at radius 3 is 2.32 bits per heavy atom. The second-order valence-electron chi connectivity index (χ2n) is 5.72. The predicted octanol–water partition coefficient (Wildman–Crippen LogP) is 3.45. The first-order chi connectivity index (χ1) is 11.7. The molecule has 0 radical (unpaired) electrons. The zero-order valence-electron chi connectivity index (χ0n) is 13.5. The van der Waals surface area contributed by atoms with Crippen molar-refractivity contribution in [2.45, 2.75) is 17.7 Å². The lowest BCUT2D eigenvalue weighted by atomic mass is 10.2. The number of nitrogens with zero attached hydrogens (tertiary/aromatic N) is 3. The maximum atomic E-state index is 13.7. The summed E-state index contributed by atoms with van der Waals surface area (Å²) in [6.45, 7) is 0.777. The van der Waals surface area contributed by atoms with Gasteiger partial charge in [0.25, 0.3) is 5.92 Å². The average Bonchev–Trinajstić information content (AvgIpc) is 3.00. The molecule has 5 nitrogen and oxygen atoms in total. The van der Waals surface area contributed by atoms with Crippen LogP contribution in [0.3, 0.4) is 0 Å². The van der Waals surface area contributed by atoms with E-state index in [2.05, 4.69) is 9.97 Å². The third-order valence-corrected chi connectivity index (χ3v) is 4.75. The Hall–Kier alpha value is -2.61. The van der Waals surface area contributed by atoms with Crippen molar-refractivity contribution in [3.05, 3.63) is 60.7 Å². The summed E-state index contributed by atoms with van der Waals surface area (Å²) in [6.07, 6.45) is 5.46. The molecule has 0 fully saturated rings. The first-order valence-corrected chi connectivity index (χ1v) is 9.24. The Bertz CT molecular complexity index is 993. The first kappa shape index (κ1) is 17.2. The summed E-state index contributed by atoms with van der Waals surface area (Å²) in [6, 6.07) is 9.37. The molecule has 130 valence electrons. The Kier molecular flexibility index (Phi) is 4.16. The van der Waals surface area contributed by atoms with Crippen LogP contribution in [0.1, 0.15) is 12.6 Å². The van der Waals surface area contributed by atoms with Crippen molar-refractivity contribution < 1.29 is 17.2 Å². The summed E-state index contributed by atoms with van der Waals surface area (Å²) in [5, 5.41) is 0. The maximum absolute atomic E-state index is 13.7. The van der Waals surface area contributed by atoms with Crippen LogP contribution in [0, 0.1) is 0 Å². The van der Waals surface area contributed by atoms with Gasteiger partial charge >= 0.3 is 0 Å². The van der Waals surface area contributed by atoms with Gasteiger partial charge in [0.15, 0.2) is 9.84 Å². The normalized spacial score (nSPS) is 12.3. The molecule has 0 aliphatic carbocycles. The summed E-state index contributed by atoms with van der Waals surface area (Å²) in [5.74, 6) is -2.80. The van der Waals surface area contributed by atoms with Crippen LogP contribution in [-0.2, 0) is 15.8 Å². The fourth-order valence-corrected chi connectivity index (χ4v) is 2.97. The smallest absolute Gasteiger partial charge is 0.288 e. The van der Waals surface area contributed by atoms with Gasteiger partial charge in [0, 0.05) is 43.0 Å². The van der Waals surface area contributed by atoms with E-state index >= 15 is 0 Å². The molecule has 0 unspecified atom stereocenters. The molecule has 0 atom stereocenters. The molecular weight excluding hydrogens is 348 g/mol. The molecule has 0 aliphatic rings. The molecule has 0 amide bonds. The van der Waals surface area contributed by atoms with E-state index < -0.39 is 15.8 Å². The standard InChI is InChI=1S/C17H15F2N3O2S/c1-17(18,19)15-11-22(16(21-15)12-4-3-9-20-10-12)13-5-7-14(8-6-13)25(2,23)24/h3-11H,1-2H3. The maximum Gasteiger partial charge on any atom is 0.288 e. The number of benzene rings is 1. The highest BCUT2D eigenvalue weighted by Crippen LogP contribution is 2.31. The zero-order chi connectivity index (χ0) is 18.2. The predicted molar refractivity (Wildman–Crippen MR) is 89.5 cm³/mol. The monoisotopic (exact) mass is 363 g/mol. The van der Waals surface area contributed by atoms with E-state index in [0.29, 0.717) is 17.1 Å². The molecule has 1 aromatic carbocycles. The summed E-state index contributed by atoms with van der Waals surface area (Å²) in [7, 11) is -3.34. The fraction of sp³-hybridized carbons (Fsp3) is 0.176. The average molecular weight is 363 g/mol. The number of rotatable bonds is 4. The Labute approximate surface area is 143 Å². The van der Waals surface area contributed by atoms with Crippen LogP contribution in [0.5, 0.6) is 0 Å². The second kappa shape index (κ2) is 6.03. The van der Waals surface area contributed by atoms with Gasteiger partial charge in [0.05, 0.1) is 4.90 Å². The Balaban J connectivity index is 2.16. The van der Waals surface area contributed by atoms with Gasteiger partial charge in [-0.25, -0.2) is 13.4 Å². The molecule has 0 spiro atoms. The number of halogens is 2. The highest BCUT2D eigenvalue weighted by Gasteiger charge is 2.29. The van der Waals surface area contributed by atoms with Gasteiger partial charge in [-0.05, 0) is 36.4 Å². The minimum Gasteiger partial charge on any atom is -0.299 e. The van der Waals surface area contributed by atoms with Gasteiger partial charge < -0.3 is 0 Å². The Morgan fingerprint density at radius 2 is 1.80 bits per heavy atom. The van der Waals surface area contributed by atoms with Crippen molar-refractivity contribution in [3.63, 3.8) is 0 Å². The van der Waals surface area contributed by atoms with E-state index in [0.717, 1.165) is 13.2 Å². The van der Waals surface area contributed by atoms with Crippen LogP contribution in [0.15, 0.2) is 59.9 Å². The number of sulfone groups is 1. The lowest BCUT2D eigenvalue weighted by Crippen LogP contribution is -2.07. The van der Waals surface area contributed by atoms with Gasteiger partial charge in [-0.2, -0.15) is 8.78 Å². The van der Waals surface area contributed by atoms with E-state index in [1.54, 1.807) is 30.5 Å². The SMILES string of the molecule is CC(F)(F)c1cn(-c2ccc(S(C)(=O)=O)cc2)c(-c2cccnc2)n1. The molecule has 0 saturated heterocycles. The summed E-state index contributed by atoms with van der Waals surface area (Å²) >= 11 is 0. The van der Waals surface area contributed by atoms with E-state index in [1.807, 2.05) is 0 Å². The minimum absolute atomic E-state index is 0.153. The largest absolute Gasteiger partial charge is 0.299 e. The van der Waals surface area contributed by atoms with Gasteiger partial charge in [-0.3, -0.25) is 9.55 Å². The first-order valence-electron chi connectivity index (χ1n) is 7.35. The molecule has 0 aliphatic heterocycles. The number of aromatic nitrogens is 3. The van der Waals surface area contributed by atoms with Crippen LogP contribution < -0.4 is 0 Å². The highest BCUT2D eigenvalue weighted by atomic mass is 32.2. The van der Waals surface area contributed by atoms with Crippen molar-refractivity contribution in [1.29, 1.82) is 0 Å². The van der Waals surface area contributed by atoms with E-state index in [9.17, 15) is 17.2 Å². The quantitative estimate of drug-likeness (QED) is 0.712. The lowest BCUT2D eigenvalue weighted by molar-refractivity contribution is 0.0132. The fourth-order valence-electron chi connectivity index (χ4n) is 2.34. The van der Waals surface area contributed by atoms with Crippen LogP contribution in [0.25, 0.3) is 17.1 Å². The topological polar surface area (TPSA) is 64.8 Å². The van der Waals surface area contributed by atoms with Crippen LogP contribution in [-0.4, -0.2) is 29.2 Å². The molecule has 0 saturated carbocycles. The zero-order valence-corrected chi connectivity index (χ0v) is 14.3. The van der Waals surface area contributed by atoms with Crippen LogP contribution in [0.4, 0.5) is 8.78 Å². The van der Waals surface area contributed by atoms with Gasteiger partial charge in [-0.1, -0.05) is 0 Å². The molecule has 3 rings (SSSR count). The Morgan fingerprint density at radius 1 is 1.12 bits per heavy atom. The second-order valence-corrected chi connectivity index (χ2v) is 7.73. The van der Waals surface area contributed by atoms with Crippen molar-refractivity contribution >= 4 is 9.84 Å². The number of hydrogen-bond donors (Lipinski definition) is 0. The van der Waals surface area contributed by atoms with E-state index in [1.165, 1.54) is 29.1 Å². The molecule has 2 aromatic heterocycles. The molecule has 0 N–H and O–H groups in total. The summed E-state index contributed by atoms with van der Waals surface area (Å²) in [5.41, 5.74) is 0.720. The molecule has 0 bridgehead atoms. The number of hydrogen-bond acceptors (Lipinski definition) is 4. The highest BCUT2D eigenvalue weighted by molar-refractivity contribution is 7.90. The van der Waals surface area contributed by atoms with Crippen LogP contribution >= 0.6 is 0 Å². The van der Waals surface area contributed by atoms with Crippen molar-refractivity contribution in [2.75, 3.05) is 6.26 Å². The molecular formula is C17H15F2N3O2S. The van der Waals surface area contributed by atoms with Gasteiger partial charge in [0.2, 0.25) is 0 Å². The molecule has 3 aromatic rings. The van der Waals surface area contributed by atoms with Crippen LogP contribution in [0.2, 0.25) is 0 Å². The third-order valence-electron chi connectivity index (χ3n) is 3.62. The number of alkyl halides is 2. The molecule has 25 heavy (non-hydrogen) atoms. The molecule has 8 heteroatoms. The summed E-state index contributed by atoms with van der Waals surface area (Å²) in [4.78, 5) is 8.20. The van der Waals surface area contributed by atoms with Gasteiger partial charge in [0.1, 0.15) is 11.5 Å². The lowest BCUT2D eigenvalue weighted by Gasteiger charge is -2.08. The van der Waals surface area contributed by atoms with E-state index in [-0.39, 0.29) is 10.6 Å². The van der Waals surface area contributed by atoms with Crippen molar-refractivity contribution in [2.24, 2.45) is 0 Å². The van der Waals surface area contributed by atoms with Crippen molar-refractivity contribution in [3.8, 4) is 17.1 Å². The summed E-state index contributed by atoms with van der Waals surface area (Å²) < 4.78 is 52.1. The minimum atomic E-state index is -3.34. The van der Waals surface area contributed by atoms with Crippen molar-refractivity contribution in [1.82, 2.24) is 14.5 Å². The van der Waals surface area contributed by atoms with E-state index in [4.69, 9.17) is 0 Å². The number of pyridine rings is 1. The molecule has 2 heterocycles.